The minimum Gasteiger partial charge on any atom is -0.368 e. The van der Waals surface area contributed by atoms with Gasteiger partial charge < -0.3 is 14.7 Å². The summed E-state index contributed by atoms with van der Waals surface area (Å²) in [5.74, 6) is 0.0397. The van der Waals surface area contributed by atoms with Crippen molar-refractivity contribution in [3.8, 4) is 0 Å². The van der Waals surface area contributed by atoms with Crippen LogP contribution in [-0.4, -0.2) is 60.0 Å². The van der Waals surface area contributed by atoms with Crippen molar-refractivity contribution in [3.05, 3.63) is 59.9 Å². The summed E-state index contributed by atoms with van der Waals surface area (Å²) >= 11 is 0. The Labute approximate surface area is 156 Å². The third kappa shape index (κ3) is 4.41. The van der Waals surface area contributed by atoms with E-state index in [-0.39, 0.29) is 5.91 Å². The number of carbonyl (C=O) groups is 1. The zero-order valence-electron chi connectivity index (χ0n) is 15.8. The van der Waals surface area contributed by atoms with Crippen LogP contribution in [0.3, 0.4) is 0 Å². The van der Waals surface area contributed by atoms with Gasteiger partial charge in [-0.25, -0.2) is 0 Å². The average molecular weight is 352 g/mol. The Bertz CT molecular complexity index is 711. The number of pyridine rings is 1. The molecule has 1 amide bonds. The molecule has 1 aliphatic rings. The average Bonchev–Trinajstić information content (AvgIpc) is 2.72. The summed E-state index contributed by atoms with van der Waals surface area (Å²) in [7, 11) is 0. The Morgan fingerprint density at radius 1 is 1.08 bits per heavy atom. The molecule has 2 heterocycles. The van der Waals surface area contributed by atoms with E-state index in [0.717, 1.165) is 44.0 Å². The standard InChI is InChI=1S/C21H28N4O/c1-3-23-10-12-25(13-11-23)20-14-19(15-22-16-20)21(26)24(4-2)17-18-8-6-5-7-9-18/h5-9,14-16H,3-4,10-13,17H2,1-2H3. The van der Waals surface area contributed by atoms with Gasteiger partial charge in [0.25, 0.3) is 5.91 Å². The van der Waals surface area contributed by atoms with Crippen LogP contribution in [0.15, 0.2) is 48.8 Å². The number of rotatable bonds is 6. The highest BCUT2D eigenvalue weighted by molar-refractivity contribution is 5.94. The lowest BCUT2D eigenvalue weighted by atomic mass is 10.1. The molecular weight excluding hydrogens is 324 g/mol. The minimum atomic E-state index is 0.0397. The number of piperazine rings is 1. The number of anilines is 1. The number of aromatic nitrogens is 1. The van der Waals surface area contributed by atoms with Gasteiger partial charge in [0.1, 0.15) is 0 Å². The maximum Gasteiger partial charge on any atom is 0.255 e. The molecule has 1 aromatic carbocycles. The van der Waals surface area contributed by atoms with Crippen LogP contribution < -0.4 is 4.90 Å². The predicted octanol–water partition coefficient (Wildman–Crippen LogP) is 2.89. The van der Waals surface area contributed by atoms with Crippen LogP contribution in [0.4, 0.5) is 5.69 Å². The Balaban J connectivity index is 1.71. The molecule has 138 valence electrons. The van der Waals surface area contributed by atoms with Crippen LogP contribution in [0.1, 0.15) is 29.8 Å². The monoisotopic (exact) mass is 352 g/mol. The summed E-state index contributed by atoms with van der Waals surface area (Å²) in [4.78, 5) is 23.9. The van der Waals surface area contributed by atoms with Crippen LogP contribution in [0.5, 0.6) is 0 Å². The van der Waals surface area contributed by atoms with Gasteiger partial charge in [-0.2, -0.15) is 0 Å². The summed E-state index contributed by atoms with van der Waals surface area (Å²) in [6, 6.07) is 12.1. The maximum atomic E-state index is 13.0. The minimum absolute atomic E-state index is 0.0397. The summed E-state index contributed by atoms with van der Waals surface area (Å²) in [5.41, 5.74) is 2.85. The summed E-state index contributed by atoms with van der Waals surface area (Å²) < 4.78 is 0. The molecule has 0 bridgehead atoms. The molecule has 0 radical (unpaired) electrons. The Morgan fingerprint density at radius 2 is 1.81 bits per heavy atom. The van der Waals surface area contributed by atoms with Crippen molar-refractivity contribution >= 4 is 11.6 Å². The van der Waals surface area contributed by atoms with Crippen molar-refractivity contribution in [1.29, 1.82) is 0 Å². The van der Waals surface area contributed by atoms with Crippen molar-refractivity contribution in [2.45, 2.75) is 20.4 Å². The number of hydrogen-bond donors (Lipinski definition) is 0. The lowest BCUT2D eigenvalue weighted by molar-refractivity contribution is 0.0752. The highest BCUT2D eigenvalue weighted by atomic mass is 16.2. The van der Waals surface area contributed by atoms with Gasteiger partial charge in [0.2, 0.25) is 0 Å². The van der Waals surface area contributed by atoms with Gasteiger partial charge in [-0.3, -0.25) is 9.78 Å². The normalized spacial score (nSPS) is 15.1. The number of likely N-dealkylation sites (N-methyl/N-ethyl adjacent to an activating group) is 1. The Hall–Kier alpha value is -2.40. The molecule has 26 heavy (non-hydrogen) atoms. The van der Waals surface area contributed by atoms with Crippen molar-refractivity contribution in [1.82, 2.24) is 14.8 Å². The molecular formula is C21H28N4O. The number of carbonyl (C=O) groups excluding carboxylic acids is 1. The third-order valence-electron chi connectivity index (χ3n) is 5.04. The molecule has 0 unspecified atom stereocenters. The number of benzene rings is 1. The van der Waals surface area contributed by atoms with E-state index in [1.807, 2.05) is 42.3 Å². The first kappa shape index (κ1) is 18.4. The molecule has 1 saturated heterocycles. The molecule has 0 N–H and O–H groups in total. The van der Waals surface area contributed by atoms with Gasteiger partial charge in [0, 0.05) is 45.5 Å². The smallest absolute Gasteiger partial charge is 0.255 e. The van der Waals surface area contributed by atoms with Crippen molar-refractivity contribution in [3.63, 3.8) is 0 Å². The van der Waals surface area contributed by atoms with Gasteiger partial charge in [0.05, 0.1) is 17.4 Å². The summed E-state index contributed by atoms with van der Waals surface area (Å²) in [6.07, 6.45) is 3.55. The first-order chi connectivity index (χ1) is 12.7. The lowest BCUT2D eigenvalue weighted by Gasteiger charge is -2.35. The summed E-state index contributed by atoms with van der Waals surface area (Å²) in [5, 5.41) is 0. The molecule has 0 spiro atoms. The molecule has 1 fully saturated rings. The van der Waals surface area contributed by atoms with E-state index in [4.69, 9.17) is 0 Å². The Kier molecular flexibility index (Phi) is 6.23. The van der Waals surface area contributed by atoms with Crippen LogP contribution in [0.25, 0.3) is 0 Å². The Morgan fingerprint density at radius 3 is 2.46 bits per heavy atom. The van der Waals surface area contributed by atoms with E-state index >= 15 is 0 Å². The first-order valence-corrected chi connectivity index (χ1v) is 9.46. The lowest BCUT2D eigenvalue weighted by Crippen LogP contribution is -2.46. The molecule has 5 nitrogen and oxygen atoms in total. The molecule has 5 heteroatoms. The van der Waals surface area contributed by atoms with E-state index in [0.29, 0.717) is 18.7 Å². The van der Waals surface area contributed by atoms with Crippen molar-refractivity contribution < 1.29 is 4.79 Å². The fraction of sp³-hybridized carbons (Fsp3) is 0.429. The highest BCUT2D eigenvalue weighted by Gasteiger charge is 2.19. The second kappa shape index (κ2) is 8.81. The number of nitrogens with zero attached hydrogens (tertiary/aromatic N) is 4. The fourth-order valence-electron chi connectivity index (χ4n) is 3.35. The van der Waals surface area contributed by atoms with Crippen LogP contribution in [-0.2, 0) is 6.54 Å². The first-order valence-electron chi connectivity index (χ1n) is 9.46. The van der Waals surface area contributed by atoms with Crippen molar-refractivity contribution in [2.75, 3.05) is 44.2 Å². The molecule has 3 rings (SSSR count). The quantitative estimate of drug-likeness (QED) is 0.801. The second-order valence-corrected chi connectivity index (χ2v) is 6.66. The molecule has 2 aromatic rings. The van der Waals surface area contributed by atoms with E-state index in [1.54, 1.807) is 6.20 Å². The SMILES string of the molecule is CCN1CCN(c2cncc(C(=O)N(CC)Cc3ccccc3)c2)CC1. The maximum absolute atomic E-state index is 13.0. The van der Waals surface area contributed by atoms with Gasteiger partial charge in [-0.15, -0.1) is 0 Å². The van der Waals surface area contributed by atoms with E-state index in [2.05, 4.69) is 33.8 Å². The van der Waals surface area contributed by atoms with Crippen LogP contribution in [0.2, 0.25) is 0 Å². The van der Waals surface area contributed by atoms with Crippen molar-refractivity contribution in [2.24, 2.45) is 0 Å². The van der Waals surface area contributed by atoms with Gasteiger partial charge in [-0.05, 0) is 25.1 Å². The van der Waals surface area contributed by atoms with E-state index in [9.17, 15) is 4.79 Å². The molecule has 0 aliphatic carbocycles. The van der Waals surface area contributed by atoms with Crippen LogP contribution >= 0.6 is 0 Å². The number of hydrogen-bond acceptors (Lipinski definition) is 4. The second-order valence-electron chi connectivity index (χ2n) is 6.66. The third-order valence-corrected chi connectivity index (χ3v) is 5.04. The van der Waals surface area contributed by atoms with E-state index < -0.39 is 0 Å². The topological polar surface area (TPSA) is 39.7 Å². The van der Waals surface area contributed by atoms with Gasteiger partial charge in [0.15, 0.2) is 0 Å². The van der Waals surface area contributed by atoms with Gasteiger partial charge >= 0.3 is 0 Å². The zero-order valence-corrected chi connectivity index (χ0v) is 15.8. The fourth-order valence-corrected chi connectivity index (χ4v) is 3.35. The highest BCUT2D eigenvalue weighted by Crippen LogP contribution is 2.18. The largest absolute Gasteiger partial charge is 0.368 e. The zero-order chi connectivity index (χ0) is 18.4. The van der Waals surface area contributed by atoms with Crippen LogP contribution in [0, 0.1) is 0 Å². The van der Waals surface area contributed by atoms with Gasteiger partial charge in [-0.1, -0.05) is 37.3 Å². The molecule has 1 aliphatic heterocycles. The molecule has 0 saturated carbocycles. The summed E-state index contributed by atoms with van der Waals surface area (Å²) in [6.45, 7) is 10.7. The number of amides is 1. The molecule has 1 aromatic heterocycles. The molecule has 0 atom stereocenters. The van der Waals surface area contributed by atoms with E-state index in [1.165, 1.54) is 0 Å². The predicted molar refractivity (Wildman–Crippen MR) is 105 cm³/mol.